The molecule has 0 heterocycles. The van der Waals surface area contributed by atoms with Gasteiger partial charge in [-0.2, -0.15) is 5.26 Å². The summed E-state index contributed by atoms with van der Waals surface area (Å²) in [5, 5.41) is 8.65. The smallest absolute Gasteiger partial charge is 0.0908 e. The SMILES string of the molecule is CCc1ccc([C@H]2CC[C@H](CCCC[C@H]3CC[C@H](C=CC#N)CC3)CC2)cc1. The normalized spacial score (nSPS) is 28.3. The second-order valence-electron chi connectivity index (χ2n) is 9.37. The lowest BCUT2D eigenvalue weighted by Crippen LogP contribution is -2.14. The molecular formula is C27H39N. The van der Waals surface area contributed by atoms with E-state index < -0.39 is 0 Å². The van der Waals surface area contributed by atoms with Gasteiger partial charge in [-0.15, -0.1) is 0 Å². The van der Waals surface area contributed by atoms with Crippen LogP contribution in [0.15, 0.2) is 36.4 Å². The first-order valence-electron chi connectivity index (χ1n) is 11.9. The maximum absolute atomic E-state index is 8.65. The van der Waals surface area contributed by atoms with Crippen molar-refractivity contribution < 1.29 is 0 Å². The monoisotopic (exact) mass is 377 g/mol. The highest BCUT2D eigenvalue weighted by Gasteiger charge is 2.23. The molecule has 1 aromatic carbocycles. The quantitative estimate of drug-likeness (QED) is 0.333. The molecule has 152 valence electrons. The first-order valence-corrected chi connectivity index (χ1v) is 11.9. The summed E-state index contributed by atoms with van der Waals surface area (Å²) in [6.45, 7) is 2.24. The molecule has 0 atom stereocenters. The van der Waals surface area contributed by atoms with Crippen LogP contribution in [0.2, 0.25) is 0 Å². The molecule has 28 heavy (non-hydrogen) atoms. The number of aryl methyl sites for hydroxylation is 1. The third kappa shape index (κ3) is 6.51. The van der Waals surface area contributed by atoms with Gasteiger partial charge in [-0.1, -0.05) is 62.9 Å². The van der Waals surface area contributed by atoms with Crippen LogP contribution < -0.4 is 0 Å². The number of rotatable bonds is 8. The molecule has 2 saturated carbocycles. The Morgan fingerprint density at radius 1 is 0.857 bits per heavy atom. The highest BCUT2D eigenvalue weighted by Crippen LogP contribution is 2.38. The number of nitrogens with zero attached hydrogens (tertiary/aromatic N) is 1. The van der Waals surface area contributed by atoms with Gasteiger partial charge in [0.1, 0.15) is 0 Å². The van der Waals surface area contributed by atoms with E-state index in [0.717, 1.165) is 24.2 Å². The Labute approximate surface area is 173 Å². The first-order chi connectivity index (χ1) is 13.8. The van der Waals surface area contributed by atoms with Crippen molar-refractivity contribution in [3.63, 3.8) is 0 Å². The van der Waals surface area contributed by atoms with Crippen molar-refractivity contribution in [3.8, 4) is 6.07 Å². The largest absolute Gasteiger partial charge is 0.193 e. The Bertz CT molecular complexity index is 619. The Hall–Kier alpha value is -1.55. The zero-order valence-electron chi connectivity index (χ0n) is 17.9. The number of benzene rings is 1. The molecule has 2 aliphatic carbocycles. The topological polar surface area (TPSA) is 23.8 Å². The fourth-order valence-corrected chi connectivity index (χ4v) is 5.52. The number of unbranched alkanes of at least 4 members (excludes halogenated alkanes) is 1. The van der Waals surface area contributed by atoms with Crippen molar-refractivity contribution >= 4 is 0 Å². The second-order valence-corrected chi connectivity index (χ2v) is 9.37. The van der Waals surface area contributed by atoms with Gasteiger partial charge in [0.25, 0.3) is 0 Å². The molecule has 2 aliphatic rings. The van der Waals surface area contributed by atoms with Crippen molar-refractivity contribution in [1.82, 2.24) is 0 Å². The Morgan fingerprint density at radius 3 is 1.96 bits per heavy atom. The van der Waals surface area contributed by atoms with Crippen LogP contribution in [0.4, 0.5) is 0 Å². The zero-order valence-corrected chi connectivity index (χ0v) is 17.9. The fraction of sp³-hybridized carbons (Fsp3) is 0.667. The van der Waals surface area contributed by atoms with Gasteiger partial charge in [0.15, 0.2) is 0 Å². The van der Waals surface area contributed by atoms with Crippen LogP contribution in [0.3, 0.4) is 0 Å². The van der Waals surface area contributed by atoms with E-state index in [1.54, 1.807) is 11.6 Å². The van der Waals surface area contributed by atoms with Crippen LogP contribution in [0.5, 0.6) is 0 Å². The fourth-order valence-electron chi connectivity index (χ4n) is 5.52. The molecule has 0 aromatic heterocycles. The van der Waals surface area contributed by atoms with E-state index in [2.05, 4.69) is 43.3 Å². The summed E-state index contributed by atoms with van der Waals surface area (Å²) in [5.74, 6) is 3.42. The maximum Gasteiger partial charge on any atom is 0.0908 e. The summed E-state index contributed by atoms with van der Waals surface area (Å²) >= 11 is 0. The zero-order chi connectivity index (χ0) is 19.6. The minimum absolute atomic E-state index is 0.671. The second kappa shape index (κ2) is 11.5. The van der Waals surface area contributed by atoms with Crippen LogP contribution in [-0.4, -0.2) is 0 Å². The minimum atomic E-state index is 0.671. The van der Waals surface area contributed by atoms with E-state index in [-0.39, 0.29) is 0 Å². The van der Waals surface area contributed by atoms with E-state index >= 15 is 0 Å². The van der Waals surface area contributed by atoms with Gasteiger partial charge >= 0.3 is 0 Å². The molecule has 0 bridgehead atoms. The predicted octanol–water partition coefficient (Wildman–Crippen LogP) is 7.97. The van der Waals surface area contributed by atoms with Gasteiger partial charge < -0.3 is 0 Å². The van der Waals surface area contributed by atoms with Crippen LogP contribution in [0.25, 0.3) is 0 Å². The summed E-state index contributed by atoms with van der Waals surface area (Å²) in [5.41, 5.74) is 3.04. The molecule has 0 radical (unpaired) electrons. The van der Waals surface area contributed by atoms with Gasteiger partial charge in [0.2, 0.25) is 0 Å². The lowest BCUT2D eigenvalue weighted by molar-refractivity contribution is 0.273. The molecule has 0 unspecified atom stereocenters. The van der Waals surface area contributed by atoms with E-state index in [4.69, 9.17) is 5.26 Å². The maximum atomic E-state index is 8.65. The van der Waals surface area contributed by atoms with Crippen molar-refractivity contribution in [2.24, 2.45) is 17.8 Å². The molecule has 3 rings (SSSR count). The van der Waals surface area contributed by atoms with Crippen molar-refractivity contribution in [1.29, 1.82) is 5.26 Å². The van der Waals surface area contributed by atoms with Gasteiger partial charge in [0.05, 0.1) is 6.07 Å². The van der Waals surface area contributed by atoms with Crippen molar-refractivity contribution in [2.45, 2.75) is 96.3 Å². The lowest BCUT2D eigenvalue weighted by Gasteiger charge is -2.29. The standard InChI is InChI=1S/C27H39N/c1-2-22-13-17-26(18-14-22)27-19-15-24(16-20-27)7-4-3-6-23-9-11-25(12-10-23)8-5-21-28/h5,8,13-14,17-18,23-25,27H,2-4,6-7,9-12,15-16,19-20H2,1H3/t23-,24-,25-,27-. The molecule has 1 aromatic rings. The molecule has 1 heteroatoms. The van der Waals surface area contributed by atoms with Gasteiger partial charge in [0, 0.05) is 6.08 Å². The van der Waals surface area contributed by atoms with Gasteiger partial charge in [-0.05, 0) is 92.6 Å². The Balaban J connectivity index is 1.27. The number of nitriles is 1. The lowest BCUT2D eigenvalue weighted by atomic mass is 9.76. The number of hydrogen-bond donors (Lipinski definition) is 0. The van der Waals surface area contributed by atoms with E-state index in [1.807, 2.05) is 0 Å². The summed E-state index contributed by atoms with van der Waals surface area (Å²) in [6, 6.07) is 11.6. The summed E-state index contributed by atoms with van der Waals surface area (Å²) < 4.78 is 0. The first kappa shape index (κ1) is 21.2. The van der Waals surface area contributed by atoms with Gasteiger partial charge in [-0.3, -0.25) is 0 Å². The van der Waals surface area contributed by atoms with Gasteiger partial charge in [-0.25, -0.2) is 0 Å². The van der Waals surface area contributed by atoms with E-state index in [9.17, 15) is 0 Å². The van der Waals surface area contributed by atoms with Crippen LogP contribution in [0.1, 0.15) is 101 Å². The minimum Gasteiger partial charge on any atom is -0.193 e. The molecule has 1 nitrogen and oxygen atoms in total. The average molecular weight is 378 g/mol. The average Bonchev–Trinajstić information content (AvgIpc) is 2.76. The molecule has 0 N–H and O–H groups in total. The number of hydrogen-bond acceptors (Lipinski definition) is 1. The highest BCUT2D eigenvalue weighted by atomic mass is 14.3. The number of allylic oxidation sites excluding steroid dienone is 2. The molecule has 0 saturated heterocycles. The molecule has 0 spiro atoms. The Morgan fingerprint density at radius 2 is 1.43 bits per heavy atom. The highest BCUT2D eigenvalue weighted by molar-refractivity contribution is 5.25. The molecular weight excluding hydrogens is 338 g/mol. The summed E-state index contributed by atoms with van der Waals surface area (Å²) in [7, 11) is 0. The summed E-state index contributed by atoms with van der Waals surface area (Å²) in [4.78, 5) is 0. The summed E-state index contributed by atoms with van der Waals surface area (Å²) in [6.07, 6.45) is 21.8. The molecule has 0 aliphatic heterocycles. The van der Waals surface area contributed by atoms with Crippen LogP contribution >= 0.6 is 0 Å². The van der Waals surface area contributed by atoms with Crippen LogP contribution in [0, 0.1) is 29.1 Å². The van der Waals surface area contributed by atoms with Crippen molar-refractivity contribution in [3.05, 3.63) is 47.5 Å². The Kier molecular flexibility index (Phi) is 8.66. The molecule has 0 amide bonds. The predicted molar refractivity (Wildman–Crippen MR) is 119 cm³/mol. The molecule has 2 fully saturated rings. The third-order valence-corrected chi connectivity index (χ3v) is 7.52. The third-order valence-electron chi connectivity index (χ3n) is 7.52. The van der Waals surface area contributed by atoms with E-state index in [0.29, 0.717) is 5.92 Å². The van der Waals surface area contributed by atoms with Crippen molar-refractivity contribution in [2.75, 3.05) is 0 Å². The van der Waals surface area contributed by atoms with Crippen LogP contribution in [-0.2, 0) is 6.42 Å². The van der Waals surface area contributed by atoms with E-state index in [1.165, 1.54) is 82.6 Å².